The summed E-state index contributed by atoms with van der Waals surface area (Å²) in [6.45, 7) is 6.50. The number of aromatic nitrogens is 1. The Balaban J connectivity index is 2.14. The number of hydrogen-bond donors (Lipinski definition) is 1. The summed E-state index contributed by atoms with van der Waals surface area (Å²) in [7, 11) is 0. The van der Waals surface area contributed by atoms with Crippen molar-refractivity contribution >= 4 is 5.91 Å². The maximum Gasteiger partial charge on any atom is 0.227 e. The minimum Gasteiger partial charge on any atom is -0.336 e. The van der Waals surface area contributed by atoms with Gasteiger partial charge in [0.1, 0.15) is 0 Å². The molecule has 0 bridgehead atoms. The first-order valence-electron chi connectivity index (χ1n) is 8.00. The smallest absolute Gasteiger partial charge is 0.227 e. The fraction of sp³-hybridized carbons (Fsp3) is 0.368. The van der Waals surface area contributed by atoms with Gasteiger partial charge in [0.2, 0.25) is 5.91 Å². The van der Waals surface area contributed by atoms with Crippen molar-refractivity contribution in [1.29, 1.82) is 0 Å². The molecule has 4 heteroatoms. The van der Waals surface area contributed by atoms with Crippen LogP contribution in [0.2, 0.25) is 0 Å². The summed E-state index contributed by atoms with van der Waals surface area (Å²) in [5.41, 5.74) is 8.32. The normalized spacial score (nSPS) is 13.6. The zero-order valence-corrected chi connectivity index (χ0v) is 14.0. The fourth-order valence-electron chi connectivity index (χ4n) is 2.58. The lowest BCUT2D eigenvalue weighted by molar-refractivity contribution is -0.138. The van der Waals surface area contributed by atoms with Crippen molar-refractivity contribution in [2.24, 2.45) is 11.7 Å². The molecule has 2 rings (SSSR count). The Kier molecular flexibility index (Phi) is 5.88. The average molecular weight is 311 g/mol. The predicted molar refractivity (Wildman–Crippen MR) is 92.5 cm³/mol. The summed E-state index contributed by atoms with van der Waals surface area (Å²) in [6, 6.07) is 13.4. The molecule has 0 aliphatic carbocycles. The maximum atomic E-state index is 12.9. The van der Waals surface area contributed by atoms with Gasteiger partial charge in [-0.2, -0.15) is 0 Å². The molecule has 0 radical (unpaired) electrons. The molecule has 4 nitrogen and oxygen atoms in total. The molecule has 2 aromatic rings. The number of nitrogens with zero attached hydrogens (tertiary/aromatic N) is 2. The Bertz CT molecular complexity index is 613. The predicted octanol–water partition coefficient (Wildman–Crippen LogP) is 3.15. The molecule has 0 fully saturated rings. The summed E-state index contributed by atoms with van der Waals surface area (Å²) in [6.07, 6.45) is 3.53. The van der Waals surface area contributed by atoms with Gasteiger partial charge in [-0.1, -0.05) is 43.3 Å². The quantitative estimate of drug-likeness (QED) is 0.891. The number of hydrogen-bond acceptors (Lipinski definition) is 3. The molecule has 2 atom stereocenters. The molecule has 1 amide bonds. The standard InChI is InChI=1S/C19H25N3O/c1-14(2)22(13-16-8-7-11-21-12-16)19(23)15(3)18(20)17-9-5-4-6-10-17/h4-12,14-15,18H,13,20H2,1-3H3. The first-order chi connectivity index (χ1) is 11.0. The number of rotatable bonds is 6. The summed E-state index contributed by atoms with van der Waals surface area (Å²) >= 11 is 0. The van der Waals surface area contributed by atoms with E-state index in [4.69, 9.17) is 5.73 Å². The van der Waals surface area contributed by atoms with Crippen LogP contribution < -0.4 is 5.73 Å². The van der Waals surface area contributed by atoms with E-state index in [9.17, 15) is 4.79 Å². The van der Waals surface area contributed by atoms with Gasteiger partial charge in [-0.3, -0.25) is 9.78 Å². The van der Waals surface area contributed by atoms with E-state index < -0.39 is 0 Å². The van der Waals surface area contributed by atoms with Crippen LogP contribution in [0, 0.1) is 5.92 Å². The maximum absolute atomic E-state index is 12.9. The molecule has 0 saturated heterocycles. The van der Waals surface area contributed by atoms with Crippen LogP contribution in [0.1, 0.15) is 37.9 Å². The number of carbonyl (C=O) groups is 1. The van der Waals surface area contributed by atoms with Gasteiger partial charge in [0.05, 0.1) is 5.92 Å². The second-order valence-electron chi connectivity index (χ2n) is 6.15. The van der Waals surface area contributed by atoms with Gasteiger partial charge >= 0.3 is 0 Å². The van der Waals surface area contributed by atoms with Gasteiger partial charge < -0.3 is 10.6 Å². The monoisotopic (exact) mass is 311 g/mol. The summed E-state index contributed by atoms with van der Waals surface area (Å²) < 4.78 is 0. The lowest BCUT2D eigenvalue weighted by atomic mass is 9.93. The van der Waals surface area contributed by atoms with Crippen molar-refractivity contribution in [3.8, 4) is 0 Å². The molecule has 0 spiro atoms. The molecule has 0 aliphatic heterocycles. The third-order valence-corrected chi connectivity index (χ3v) is 4.09. The Hall–Kier alpha value is -2.20. The lowest BCUT2D eigenvalue weighted by Gasteiger charge is -2.31. The molecule has 122 valence electrons. The molecule has 1 aromatic carbocycles. The van der Waals surface area contributed by atoms with Crippen molar-refractivity contribution < 1.29 is 4.79 Å². The van der Waals surface area contributed by atoms with Crippen molar-refractivity contribution in [2.75, 3.05) is 0 Å². The van der Waals surface area contributed by atoms with Crippen molar-refractivity contribution in [1.82, 2.24) is 9.88 Å². The summed E-state index contributed by atoms with van der Waals surface area (Å²) in [5, 5.41) is 0. The largest absolute Gasteiger partial charge is 0.336 e. The van der Waals surface area contributed by atoms with E-state index in [0.29, 0.717) is 6.54 Å². The van der Waals surface area contributed by atoms with Gasteiger partial charge in [0.15, 0.2) is 0 Å². The number of benzene rings is 1. The van der Waals surface area contributed by atoms with Crippen LogP contribution in [0.15, 0.2) is 54.9 Å². The van der Waals surface area contributed by atoms with E-state index >= 15 is 0 Å². The van der Waals surface area contributed by atoms with Crippen LogP contribution >= 0.6 is 0 Å². The van der Waals surface area contributed by atoms with E-state index in [2.05, 4.69) is 4.98 Å². The van der Waals surface area contributed by atoms with E-state index in [1.165, 1.54) is 0 Å². The molecule has 1 aromatic heterocycles. The highest BCUT2D eigenvalue weighted by Gasteiger charge is 2.28. The van der Waals surface area contributed by atoms with Crippen LogP contribution in [-0.4, -0.2) is 21.8 Å². The highest BCUT2D eigenvalue weighted by Crippen LogP contribution is 2.23. The highest BCUT2D eigenvalue weighted by atomic mass is 16.2. The molecule has 23 heavy (non-hydrogen) atoms. The van der Waals surface area contributed by atoms with E-state index in [-0.39, 0.29) is 23.9 Å². The van der Waals surface area contributed by atoms with Crippen LogP contribution in [0.4, 0.5) is 0 Å². The lowest BCUT2D eigenvalue weighted by Crippen LogP contribution is -2.42. The van der Waals surface area contributed by atoms with Crippen molar-refractivity contribution in [3.05, 3.63) is 66.0 Å². The summed E-state index contributed by atoms with van der Waals surface area (Å²) in [5.74, 6) is -0.211. The minimum atomic E-state index is -0.307. The van der Waals surface area contributed by atoms with Crippen molar-refractivity contribution in [2.45, 2.75) is 39.4 Å². The van der Waals surface area contributed by atoms with Crippen LogP contribution in [0.3, 0.4) is 0 Å². The Labute approximate surface area is 138 Å². The van der Waals surface area contributed by atoms with Gasteiger partial charge in [-0.15, -0.1) is 0 Å². The number of carbonyl (C=O) groups excluding carboxylic acids is 1. The number of pyridine rings is 1. The van der Waals surface area contributed by atoms with E-state index in [1.54, 1.807) is 12.4 Å². The highest BCUT2D eigenvalue weighted by molar-refractivity contribution is 5.79. The fourth-order valence-corrected chi connectivity index (χ4v) is 2.58. The Morgan fingerprint density at radius 1 is 1.13 bits per heavy atom. The SMILES string of the molecule is CC(C(=O)N(Cc1cccnc1)C(C)C)C(N)c1ccccc1. The van der Waals surface area contributed by atoms with Gasteiger partial charge in [0, 0.05) is 31.0 Å². The van der Waals surface area contributed by atoms with Gasteiger partial charge in [-0.05, 0) is 31.0 Å². The third-order valence-electron chi connectivity index (χ3n) is 4.09. The Morgan fingerprint density at radius 3 is 2.39 bits per heavy atom. The molecule has 2 unspecified atom stereocenters. The molecule has 2 N–H and O–H groups in total. The number of nitrogens with two attached hydrogens (primary N) is 1. The van der Waals surface area contributed by atoms with E-state index in [0.717, 1.165) is 11.1 Å². The molecule has 1 heterocycles. The van der Waals surface area contributed by atoms with Gasteiger partial charge in [0.25, 0.3) is 0 Å². The first-order valence-corrected chi connectivity index (χ1v) is 8.00. The zero-order chi connectivity index (χ0) is 16.8. The van der Waals surface area contributed by atoms with Gasteiger partial charge in [-0.25, -0.2) is 0 Å². The molecule has 0 aliphatic rings. The van der Waals surface area contributed by atoms with Crippen LogP contribution in [-0.2, 0) is 11.3 Å². The second-order valence-corrected chi connectivity index (χ2v) is 6.15. The topological polar surface area (TPSA) is 59.2 Å². The first kappa shape index (κ1) is 17.2. The average Bonchev–Trinajstić information content (AvgIpc) is 2.59. The molecular weight excluding hydrogens is 286 g/mol. The zero-order valence-electron chi connectivity index (χ0n) is 14.0. The van der Waals surface area contributed by atoms with Crippen LogP contribution in [0.5, 0.6) is 0 Å². The van der Waals surface area contributed by atoms with E-state index in [1.807, 2.05) is 68.1 Å². The second kappa shape index (κ2) is 7.88. The Morgan fingerprint density at radius 2 is 1.83 bits per heavy atom. The molecule has 0 saturated carbocycles. The summed E-state index contributed by atoms with van der Waals surface area (Å²) in [4.78, 5) is 18.9. The number of amides is 1. The van der Waals surface area contributed by atoms with Crippen LogP contribution in [0.25, 0.3) is 0 Å². The van der Waals surface area contributed by atoms with Crippen molar-refractivity contribution in [3.63, 3.8) is 0 Å². The molecular formula is C19H25N3O. The third kappa shape index (κ3) is 4.39. The minimum absolute atomic E-state index is 0.0696.